The first-order valence-electron chi connectivity index (χ1n) is 12.4. The fourth-order valence-electron chi connectivity index (χ4n) is 5.35. The molecule has 4 rings (SSSR count). The van der Waals surface area contributed by atoms with Crippen molar-refractivity contribution in [3.8, 4) is 0 Å². The Morgan fingerprint density at radius 1 is 1.16 bits per heavy atom. The van der Waals surface area contributed by atoms with Gasteiger partial charge in [-0.15, -0.1) is 0 Å². The molecule has 2 fully saturated rings. The van der Waals surface area contributed by atoms with Crippen LogP contribution in [0.1, 0.15) is 66.7 Å². The van der Waals surface area contributed by atoms with Gasteiger partial charge in [0.15, 0.2) is 0 Å². The molecule has 0 aliphatic carbocycles. The third kappa shape index (κ3) is 5.11. The second-order valence-electron chi connectivity index (χ2n) is 11.2. The molecule has 3 heterocycles. The Labute approximate surface area is 193 Å². The van der Waals surface area contributed by atoms with E-state index < -0.39 is 0 Å². The van der Waals surface area contributed by atoms with E-state index in [1.165, 1.54) is 0 Å². The fraction of sp³-hybridized carbons (Fsp3) is 0.692. The van der Waals surface area contributed by atoms with Gasteiger partial charge in [0.25, 0.3) is 0 Å². The molecular formula is C26H41N5O. The first kappa shape index (κ1) is 23.1. The van der Waals surface area contributed by atoms with E-state index in [1.807, 2.05) is 6.07 Å². The molecule has 0 saturated carbocycles. The van der Waals surface area contributed by atoms with Crippen LogP contribution in [0.25, 0.3) is 0 Å². The van der Waals surface area contributed by atoms with Gasteiger partial charge in [0.2, 0.25) is 5.91 Å². The van der Waals surface area contributed by atoms with Crippen molar-refractivity contribution in [1.29, 1.82) is 0 Å². The number of fused-ring (bicyclic) bond motifs is 1. The number of amidine groups is 1. The van der Waals surface area contributed by atoms with E-state index in [1.54, 1.807) is 0 Å². The fourth-order valence-corrected chi connectivity index (χ4v) is 5.35. The van der Waals surface area contributed by atoms with Crippen LogP contribution in [-0.2, 0) is 4.79 Å². The summed E-state index contributed by atoms with van der Waals surface area (Å²) < 4.78 is 0. The number of carbonyl (C=O) groups is 1. The van der Waals surface area contributed by atoms with Crippen molar-refractivity contribution < 1.29 is 4.79 Å². The van der Waals surface area contributed by atoms with Crippen molar-refractivity contribution in [3.05, 3.63) is 24.3 Å². The van der Waals surface area contributed by atoms with Gasteiger partial charge in [0.1, 0.15) is 11.4 Å². The lowest BCUT2D eigenvalue weighted by atomic mass is 9.84. The maximum atomic E-state index is 13.4. The quantitative estimate of drug-likeness (QED) is 0.723. The Kier molecular flexibility index (Phi) is 6.53. The molecular weight excluding hydrogens is 398 g/mol. The van der Waals surface area contributed by atoms with E-state index in [4.69, 9.17) is 4.99 Å². The standard InChI is InChI=1S/C26H41N5O/c1-19(2)30-15-11-20(12-16-30)17-23(32)31-14-8-13-26(18-31)24(29-25(3,4)5)27-21-9-6-7-10-22(21)28-26/h6-7,9-10,19-20,28H,8,11-18H2,1-5H3,(H,27,29)/t26-/m0/s1. The number of rotatable bonds is 3. The summed E-state index contributed by atoms with van der Waals surface area (Å²) in [6, 6.07) is 8.90. The first-order valence-corrected chi connectivity index (χ1v) is 12.4. The van der Waals surface area contributed by atoms with Gasteiger partial charge in [-0.05, 0) is 91.4 Å². The van der Waals surface area contributed by atoms with Crippen molar-refractivity contribution in [2.75, 3.05) is 36.8 Å². The number of para-hydroxylation sites is 2. The van der Waals surface area contributed by atoms with Gasteiger partial charge >= 0.3 is 0 Å². The average Bonchev–Trinajstić information content (AvgIpc) is 2.74. The highest BCUT2D eigenvalue weighted by Crippen LogP contribution is 2.37. The molecule has 3 aliphatic rings. The maximum absolute atomic E-state index is 13.4. The number of nitrogens with zero attached hydrogens (tertiary/aromatic N) is 3. The zero-order valence-corrected chi connectivity index (χ0v) is 20.6. The zero-order valence-electron chi connectivity index (χ0n) is 20.6. The van der Waals surface area contributed by atoms with Crippen LogP contribution in [0.5, 0.6) is 0 Å². The monoisotopic (exact) mass is 439 g/mol. The summed E-state index contributed by atoms with van der Waals surface area (Å²) in [6.45, 7) is 14.7. The molecule has 0 radical (unpaired) electrons. The second-order valence-corrected chi connectivity index (χ2v) is 11.2. The number of carbonyl (C=O) groups excluding carboxylic acids is 1. The van der Waals surface area contributed by atoms with Crippen LogP contribution in [0.2, 0.25) is 0 Å². The number of nitrogens with one attached hydrogen (secondary N) is 2. The van der Waals surface area contributed by atoms with Crippen LogP contribution < -0.4 is 10.6 Å². The highest BCUT2D eigenvalue weighted by molar-refractivity contribution is 6.10. The average molecular weight is 440 g/mol. The molecule has 0 unspecified atom stereocenters. The maximum Gasteiger partial charge on any atom is 0.222 e. The summed E-state index contributed by atoms with van der Waals surface area (Å²) in [4.78, 5) is 23.1. The molecule has 1 atom stereocenters. The van der Waals surface area contributed by atoms with Crippen LogP contribution in [0.15, 0.2) is 29.3 Å². The molecule has 1 aromatic rings. The van der Waals surface area contributed by atoms with E-state index in [-0.39, 0.29) is 11.1 Å². The summed E-state index contributed by atoms with van der Waals surface area (Å²) in [5, 5.41) is 7.41. The summed E-state index contributed by atoms with van der Waals surface area (Å²) in [6.07, 6.45) is 4.90. The molecule has 3 aliphatic heterocycles. The Morgan fingerprint density at radius 3 is 2.50 bits per heavy atom. The number of hydrogen-bond acceptors (Lipinski definition) is 4. The van der Waals surface area contributed by atoms with Crippen molar-refractivity contribution in [2.24, 2.45) is 10.9 Å². The third-order valence-electron chi connectivity index (χ3n) is 7.14. The van der Waals surface area contributed by atoms with E-state index in [0.717, 1.165) is 62.5 Å². The SMILES string of the molecule is CC(C)N1CCC(CC(=O)N2CCC[C@@]3(C2)Nc2ccccc2NC3=NC(C)(C)C)CC1. The summed E-state index contributed by atoms with van der Waals surface area (Å²) in [5.74, 6) is 1.78. The highest BCUT2D eigenvalue weighted by atomic mass is 16.2. The minimum atomic E-state index is -0.351. The largest absolute Gasteiger partial charge is 0.370 e. The van der Waals surface area contributed by atoms with Gasteiger partial charge in [-0.1, -0.05) is 12.1 Å². The molecule has 6 nitrogen and oxygen atoms in total. The van der Waals surface area contributed by atoms with Crippen molar-refractivity contribution in [2.45, 2.75) is 83.8 Å². The Hall–Kier alpha value is -2.08. The van der Waals surface area contributed by atoms with E-state index in [0.29, 0.717) is 30.8 Å². The zero-order chi connectivity index (χ0) is 22.9. The van der Waals surface area contributed by atoms with E-state index >= 15 is 0 Å². The molecule has 1 spiro atoms. The Morgan fingerprint density at radius 2 is 1.84 bits per heavy atom. The van der Waals surface area contributed by atoms with Crippen LogP contribution in [-0.4, -0.2) is 64.8 Å². The van der Waals surface area contributed by atoms with Crippen molar-refractivity contribution >= 4 is 23.1 Å². The molecule has 2 saturated heterocycles. The molecule has 0 bridgehead atoms. The van der Waals surface area contributed by atoms with Gasteiger partial charge in [-0.2, -0.15) is 0 Å². The number of hydrogen-bond donors (Lipinski definition) is 2. The van der Waals surface area contributed by atoms with Gasteiger partial charge in [-0.25, -0.2) is 0 Å². The summed E-state index contributed by atoms with van der Waals surface area (Å²) >= 11 is 0. The number of benzene rings is 1. The van der Waals surface area contributed by atoms with E-state index in [9.17, 15) is 4.79 Å². The summed E-state index contributed by atoms with van der Waals surface area (Å²) in [7, 11) is 0. The third-order valence-corrected chi connectivity index (χ3v) is 7.14. The van der Waals surface area contributed by atoms with Crippen molar-refractivity contribution in [1.82, 2.24) is 9.80 Å². The minimum Gasteiger partial charge on any atom is -0.370 e. The van der Waals surface area contributed by atoms with Crippen LogP contribution in [0.3, 0.4) is 0 Å². The summed E-state index contributed by atoms with van der Waals surface area (Å²) in [5.41, 5.74) is 1.61. The second kappa shape index (κ2) is 9.05. The van der Waals surface area contributed by atoms with Gasteiger partial charge in [-0.3, -0.25) is 9.79 Å². The van der Waals surface area contributed by atoms with Crippen LogP contribution in [0.4, 0.5) is 11.4 Å². The van der Waals surface area contributed by atoms with Gasteiger partial charge < -0.3 is 20.4 Å². The lowest BCUT2D eigenvalue weighted by Crippen LogP contribution is -2.63. The lowest BCUT2D eigenvalue weighted by Gasteiger charge is -2.48. The van der Waals surface area contributed by atoms with Gasteiger partial charge in [0, 0.05) is 19.0 Å². The lowest BCUT2D eigenvalue weighted by molar-refractivity contribution is -0.134. The molecule has 2 N–H and O–H groups in total. The molecule has 0 aromatic heterocycles. The number of amides is 1. The van der Waals surface area contributed by atoms with Crippen molar-refractivity contribution in [3.63, 3.8) is 0 Å². The minimum absolute atomic E-state index is 0.194. The van der Waals surface area contributed by atoms with Gasteiger partial charge in [0.05, 0.1) is 23.5 Å². The first-order chi connectivity index (χ1) is 15.2. The smallest absolute Gasteiger partial charge is 0.222 e. The molecule has 176 valence electrons. The molecule has 1 amide bonds. The highest BCUT2D eigenvalue weighted by Gasteiger charge is 2.45. The number of likely N-dealkylation sites (tertiary alicyclic amines) is 2. The van der Waals surface area contributed by atoms with Crippen LogP contribution >= 0.6 is 0 Å². The predicted octanol–water partition coefficient (Wildman–Crippen LogP) is 4.59. The number of piperidine rings is 2. The van der Waals surface area contributed by atoms with E-state index in [2.05, 4.69) is 73.3 Å². The number of aliphatic imine (C=N–C) groups is 1. The Balaban J connectivity index is 1.49. The topological polar surface area (TPSA) is 60.0 Å². The number of anilines is 2. The van der Waals surface area contributed by atoms with Crippen LogP contribution in [0, 0.1) is 5.92 Å². The molecule has 32 heavy (non-hydrogen) atoms. The normalized spacial score (nSPS) is 26.2. The molecule has 6 heteroatoms. The predicted molar refractivity (Wildman–Crippen MR) is 133 cm³/mol. The Bertz CT molecular complexity index is 850. The molecule has 1 aromatic carbocycles.